The Kier molecular flexibility index (Phi) is 3.62. The molecule has 2 heterocycles. The van der Waals surface area contributed by atoms with Crippen LogP contribution in [-0.2, 0) is 11.5 Å². The van der Waals surface area contributed by atoms with E-state index in [4.69, 9.17) is 16.3 Å². The molecule has 3 rings (SSSR count). The average Bonchev–Trinajstić information content (AvgIpc) is 2.88. The molecule has 1 aliphatic rings. The first-order chi connectivity index (χ1) is 9.28. The van der Waals surface area contributed by atoms with Crippen LogP contribution in [0, 0.1) is 0 Å². The summed E-state index contributed by atoms with van der Waals surface area (Å²) in [5, 5.41) is 0.576. The Morgan fingerprint density at radius 2 is 2.21 bits per heavy atom. The van der Waals surface area contributed by atoms with Gasteiger partial charge in [0.05, 0.1) is 12.3 Å². The minimum atomic E-state index is 0.576. The van der Waals surface area contributed by atoms with E-state index in [0.29, 0.717) is 17.6 Å². The van der Waals surface area contributed by atoms with Crippen LogP contribution in [0.1, 0.15) is 18.2 Å². The number of nitrogens with zero attached hydrogens (tertiary/aromatic N) is 2. The topological polar surface area (TPSA) is 35.0 Å². The molecule has 3 nitrogen and oxygen atoms in total. The highest BCUT2D eigenvalue weighted by Gasteiger charge is 2.19. The van der Waals surface area contributed by atoms with Crippen LogP contribution in [0.2, 0.25) is 5.15 Å². The van der Waals surface area contributed by atoms with E-state index in [-0.39, 0.29) is 0 Å². The molecule has 0 unspecified atom stereocenters. The lowest BCUT2D eigenvalue weighted by Crippen LogP contribution is -1.98. The molecule has 1 aromatic heterocycles. The van der Waals surface area contributed by atoms with E-state index < -0.39 is 0 Å². The predicted octanol–water partition coefficient (Wildman–Crippen LogP) is 3.94. The van der Waals surface area contributed by atoms with Crippen LogP contribution < -0.4 is 4.74 Å². The van der Waals surface area contributed by atoms with Crippen LogP contribution in [0.25, 0.3) is 11.4 Å². The highest BCUT2D eigenvalue weighted by atomic mass is 35.5. The Morgan fingerprint density at radius 3 is 3.05 bits per heavy atom. The largest absolute Gasteiger partial charge is 0.494 e. The van der Waals surface area contributed by atoms with Crippen LogP contribution in [0.15, 0.2) is 24.3 Å². The van der Waals surface area contributed by atoms with Crippen molar-refractivity contribution < 1.29 is 4.74 Å². The molecule has 0 bridgehead atoms. The van der Waals surface area contributed by atoms with Crippen LogP contribution in [0.5, 0.6) is 5.75 Å². The van der Waals surface area contributed by atoms with Crippen molar-refractivity contribution in [2.75, 3.05) is 6.61 Å². The number of fused-ring (bicyclic) bond motifs is 1. The van der Waals surface area contributed by atoms with E-state index >= 15 is 0 Å². The second kappa shape index (κ2) is 5.39. The highest BCUT2D eigenvalue weighted by molar-refractivity contribution is 7.98. The fourth-order valence-corrected chi connectivity index (χ4v) is 3.41. The van der Waals surface area contributed by atoms with E-state index in [1.807, 2.05) is 43.0 Å². The molecule has 0 amide bonds. The third-order valence-corrected chi connectivity index (χ3v) is 4.21. The first-order valence-corrected chi connectivity index (χ1v) is 7.67. The summed E-state index contributed by atoms with van der Waals surface area (Å²) < 4.78 is 5.50. The van der Waals surface area contributed by atoms with E-state index in [0.717, 1.165) is 34.1 Å². The highest BCUT2D eigenvalue weighted by Crippen LogP contribution is 2.34. The number of hydrogen-bond donors (Lipinski definition) is 0. The van der Waals surface area contributed by atoms with Gasteiger partial charge < -0.3 is 4.74 Å². The fourth-order valence-electron chi connectivity index (χ4n) is 2.03. The minimum absolute atomic E-state index is 0.576. The van der Waals surface area contributed by atoms with Crippen molar-refractivity contribution >= 4 is 23.4 Å². The number of ether oxygens (including phenoxy) is 1. The van der Waals surface area contributed by atoms with E-state index in [2.05, 4.69) is 9.97 Å². The SMILES string of the molecule is CCOc1cccc(-c2nc(Cl)c3c(n2)CSC3)c1. The molecule has 1 aromatic carbocycles. The molecule has 0 saturated carbocycles. The molecule has 0 saturated heterocycles. The zero-order chi connectivity index (χ0) is 13.2. The van der Waals surface area contributed by atoms with Crippen molar-refractivity contribution in [3.63, 3.8) is 0 Å². The smallest absolute Gasteiger partial charge is 0.161 e. The van der Waals surface area contributed by atoms with Gasteiger partial charge in [-0.3, -0.25) is 0 Å². The molecule has 0 atom stereocenters. The molecular formula is C14H13ClN2OS. The number of thioether (sulfide) groups is 1. The maximum Gasteiger partial charge on any atom is 0.161 e. The van der Waals surface area contributed by atoms with Crippen LogP contribution in [0.4, 0.5) is 0 Å². The molecule has 5 heteroatoms. The lowest BCUT2D eigenvalue weighted by molar-refractivity contribution is 0.340. The summed E-state index contributed by atoms with van der Waals surface area (Å²) in [6.07, 6.45) is 0. The standard InChI is InChI=1S/C14H13ClN2OS/c1-2-18-10-5-3-4-9(6-10)14-16-12-8-19-7-11(12)13(15)17-14/h3-6H,2,7-8H2,1H3. The summed E-state index contributed by atoms with van der Waals surface area (Å²) in [4.78, 5) is 9.02. The zero-order valence-corrected chi connectivity index (χ0v) is 12.1. The van der Waals surface area contributed by atoms with Crippen LogP contribution in [-0.4, -0.2) is 16.6 Å². The van der Waals surface area contributed by atoms with Crippen molar-refractivity contribution in [3.05, 3.63) is 40.7 Å². The number of benzene rings is 1. The molecule has 19 heavy (non-hydrogen) atoms. The maximum absolute atomic E-state index is 6.23. The normalized spacial score (nSPS) is 13.4. The third kappa shape index (κ3) is 2.55. The second-order valence-corrected chi connectivity index (χ2v) is 5.56. The van der Waals surface area contributed by atoms with Crippen molar-refractivity contribution in [2.45, 2.75) is 18.4 Å². The Hall–Kier alpha value is -1.26. The maximum atomic E-state index is 6.23. The van der Waals surface area contributed by atoms with E-state index in [1.54, 1.807) is 0 Å². The molecule has 0 aliphatic carbocycles. The Labute approximate surface area is 121 Å². The Balaban J connectivity index is 2.02. The summed E-state index contributed by atoms with van der Waals surface area (Å²) in [6.45, 7) is 2.61. The Bertz CT molecular complexity index is 618. The van der Waals surface area contributed by atoms with E-state index in [1.165, 1.54) is 0 Å². The van der Waals surface area contributed by atoms with Gasteiger partial charge in [0.25, 0.3) is 0 Å². The quantitative estimate of drug-likeness (QED) is 0.803. The third-order valence-electron chi connectivity index (χ3n) is 2.93. The first-order valence-electron chi connectivity index (χ1n) is 6.14. The average molecular weight is 293 g/mol. The molecule has 0 N–H and O–H groups in total. The predicted molar refractivity (Wildman–Crippen MR) is 78.6 cm³/mol. The van der Waals surface area contributed by atoms with Gasteiger partial charge in [-0.1, -0.05) is 23.7 Å². The number of aromatic nitrogens is 2. The van der Waals surface area contributed by atoms with Gasteiger partial charge in [-0.25, -0.2) is 9.97 Å². The molecular weight excluding hydrogens is 280 g/mol. The molecule has 0 spiro atoms. The molecule has 2 aromatic rings. The minimum Gasteiger partial charge on any atom is -0.494 e. The number of rotatable bonds is 3. The van der Waals surface area contributed by atoms with E-state index in [9.17, 15) is 0 Å². The van der Waals surface area contributed by atoms with Gasteiger partial charge in [0.15, 0.2) is 5.82 Å². The lowest BCUT2D eigenvalue weighted by atomic mass is 10.2. The monoisotopic (exact) mass is 292 g/mol. The van der Waals surface area contributed by atoms with Gasteiger partial charge in [-0.2, -0.15) is 11.8 Å². The van der Waals surface area contributed by atoms with Crippen LogP contribution >= 0.6 is 23.4 Å². The van der Waals surface area contributed by atoms with Gasteiger partial charge in [0.2, 0.25) is 0 Å². The fraction of sp³-hybridized carbons (Fsp3) is 0.286. The molecule has 0 fully saturated rings. The van der Waals surface area contributed by atoms with Gasteiger partial charge in [0.1, 0.15) is 10.9 Å². The summed E-state index contributed by atoms with van der Waals surface area (Å²) in [5.41, 5.74) is 3.07. The summed E-state index contributed by atoms with van der Waals surface area (Å²) in [6, 6.07) is 7.80. The summed E-state index contributed by atoms with van der Waals surface area (Å²) in [7, 11) is 0. The molecule has 1 aliphatic heterocycles. The molecule has 98 valence electrons. The number of hydrogen-bond acceptors (Lipinski definition) is 4. The van der Waals surface area contributed by atoms with Gasteiger partial charge >= 0.3 is 0 Å². The molecule has 0 radical (unpaired) electrons. The van der Waals surface area contributed by atoms with Crippen molar-refractivity contribution in [2.24, 2.45) is 0 Å². The second-order valence-electron chi connectivity index (χ2n) is 4.22. The van der Waals surface area contributed by atoms with Crippen molar-refractivity contribution in [1.29, 1.82) is 0 Å². The van der Waals surface area contributed by atoms with Gasteiger partial charge in [-0.15, -0.1) is 0 Å². The van der Waals surface area contributed by atoms with Crippen molar-refractivity contribution in [3.8, 4) is 17.1 Å². The lowest BCUT2D eigenvalue weighted by Gasteiger charge is -2.07. The zero-order valence-electron chi connectivity index (χ0n) is 10.5. The summed E-state index contributed by atoms with van der Waals surface area (Å²) >= 11 is 8.05. The van der Waals surface area contributed by atoms with Crippen LogP contribution in [0.3, 0.4) is 0 Å². The van der Waals surface area contributed by atoms with Gasteiger partial charge in [-0.05, 0) is 19.1 Å². The first kappa shape index (κ1) is 12.8. The summed E-state index contributed by atoms with van der Waals surface area (Å²) in [5.74, 6) is 3.32. The van der Waals surface area contributed by atoms with Gasteiger partial charge in [0, 0.05) is 22.6 Å². The Morgan fingerprint density at radius 1 is 1.32 bits per heavy atom. The van der Waals surface area contributed by atoms with Crippen molar-refractivity contribution in [1.82, 2.24) is 9.97 Å². The number of halogens is 1.